The maximum Gasteiger partial charge on any atom is 0.330 e. The number of para-hydroxylation sites is 1. The number of carboxylic acids is 1. The summed E-state index contributed by atoms with van der Waals surface area (Å²) < 4.78 is 2.08. The number of aromatic nitrogens is 1. The summed E-state index contributed by atoms with van der Waals surface area (Å²) in [6.07, 6.45) is 1.04. The average molecular weight is 306 g/mol. The van der Waals surface area contributed by atoms with Gasteiger partial charge in [-0.05, 0) is 24.6 Å². The zero-order chi connectivity index (χ0) is 16.4. The first kappa shape index (κ1) is 14.9. The quantitative estimate of drug-likeness (QED) is 0.723. The number of carboxylic acid groups (broad SMARTS) is 1. The van der Waals surface area contributed by atoms with Gasteiger partial charge in [0.1, 0.15) is 0 Å². The molecule has 2 aromatic carbocycles. The van der Waals surface area contributed by atoms with Crippen molar-refractivity contribution in [2.75, 3.05) is 0 Å². The van der Waals surface area contributed by atoms with Gasteiger partial charge in [0.15, 0.2) is 0 Å². The lowest BCUT2D eigenvalue weighted by Crippen LogP contribution is -2.13. The molecule has 3 N–H and O–H groups in total. The maximum absolute atomic E-state index is 11.0. The molecule has 3 rings (SSSR count). The van der Waals surface area contributed by atoms with Crippen LogP contribution in [0.4, 0.5) is 0 Å². The fourth-order valence-electron chi connectivity index (χ4n) is 2.90. The Morgan fingerprint density at radius 1 is 1.13 bits per heavy atom. The largest absolute Gasteiger partial charge is 0.478 e. The van der Waals surface area contributed by atoms with E-state index in [1.165, 1.54) is 0 Å². The number of rotatable bonds is 4. The van der Waals surface area contributed by atoms with Gasteiger partial charge in [-0.25, -0.2) is 4.79 Å². The lowest BCUT2D eigenvalue weighted by atomic mass is 10.1. The molecule has 0 aliphatic rings. The second-order valence-corrected chi connectivity index (χ2v) is 5.48. The predicted octanol–water partition coefficient (Wildman–Crippen LogP) is 3.63. The van der Waals surface area contributed by atoms with E-state index in [9.17, 15) is 4.79 Å². The zero-order valence-electron chi connectivity index (χ0n) is 12.8. The van der Waals surface area contributed by atoms with Crippen molar-refractivity contribution in [2.24, 2.45) is 5.73 Å². The molecule has 116 valence electrons. The summed E-state index contributed by atoms with van der Waals surface area (Å²) in [4.78, 5) is 11.0. The molecule has 0 radical (unpaired) electrons. The van der Waals surface area contributed by atoms with Gasteiger partial charge in [0, 0.05) is 17.0 Å². The molecule has 0 saturated heterocycles. The zero-order valence-corrected chi connectivity index (χ0v) is 12.8. The molecule has 0 bridgehead atoms. The van der Waals surface area contributed by atoms with Crippen molar-refractivity contribution in [2.45, 2.75) is 13.0 Å². The van der Waals surface area contributed by atoms with Crippen molar-refractivity contribution in [3.05, 3.63) is 78.0 Å². The molecule has 4 nitrogen and oxygen atoms in total. The Hall–Kier alpha value is -3.01. The van der Waals surface area contributed by atoms with Crippen LogP contribution in [0.2, 0.25) is 0 Å². The van der Waals surface area contributed by atoms with Crippen LogP contribution in [-0.2, 0) is 4.79 Å². The second-order valence-electron chi connectivity index (χ2n) is 5.48. The predicted molar refractivity (Wildman–Crippen MR) is 92.0 cm³/mol. The molecular weight excluding hydrogens is 288 g/mol. The van der Waals surface area contributed by atoms with Gasteiger partial charge in [-0.1, -0.05) is 48.5 Å². The van der Waals surface area contributed by atoms with E-state index < -0.39 is 5.97 Å². The van der Waals surface area contributed by atoms with Crippen molar-refractivity contribution >= 4 is 22.6 Å². The van der Waals surface area contributed by atoms with Gasteiger partial charge >= 0.3 is 5.97 Å². The number of nitrogens with zero attached hydrogens (tertiary/aromatic N) is 1. The second kappa shape index (κ2) is 6.01. The summed E-state index contributed by atoms with van der Waals surface area (Å²) in [5, 5.41) is 10.0. The monoisotopic (exact) mass is 306 g/mol. The first-order valence-electron chi connectivity index (χ1n) is 7.43. The number of nitrogens with two attached hydrogens (primary N) is 1. The van der Waals surface area contributed by atoms with Crippen LogP contribution in [0.15, 0.2) is 66.7 Å². The lowest BCUT2D eigenvalue weighted by molar-refractivity contribution is -0.131. The van der Waals surface area contributed by atoms with Crippen LogP contribution in [0, 0.1) is 0 Å². The van der Waals surface area contributed by atoms with Gasteiger partial charge in [0.2, 0.25) is 0 Å². The van der Waals surface area contributed by atoms with Crippen molar-refractivity contribution < 1.29 is 9.90 Å². The van der Waals surface area contributed by atoms with Crippen molar-refractivity contribution in [3.63, 3.8) is 0 Å². The SMILES string of the molecule is CC(c1ccccc1)n1c(/C(N)=C/C(=O)O)cc2ccccc21. The third-order valence-corrected chi connectivity index (χ3v) is 3.99. The van der Waals surface area contributed by atoms with Gasteiger partial charge < -0.3 is 15.4 Å². The standard InChI is InChI=1S/C19H18N2O2/c1-13(14-7-3-2-4-8-14)21-17-10-6-5-9-15(17)11-18(21)16(20)12-19(22)23/h2-13H,20H2,1H3,(H,22,23)/b16-12-. The van der Waals surface area contributed by atoms with E-state index in [0.29, 0.717) is 5.69 Å². The van der Waals surface area contributed by atoms with Gasteiger partial charge in [-0.3, -0.25) is 0 Å². The maximum atomic E-state index is 11.0. The minimum absolute atomic E-state index is 0.0341. The molecule has 0 amide bonds. The Morgan fingerprint density at radius 2 is 1.78 bits per heavy atom. The van der Waals surface area contributed by atoms with Crippen molar-refractivity contribution in [3.8, 4) is 0 Å². The number of benzene rings is 2. The first-order valence-corrected chi connectivity index (χ1v) is 7.43. The molecule has 1 heterocycles. The highest BCUT2D eigenvalue weighted by molar-refractivity contribution is 5.92. The Labute approximate surface area is 134 Å². The summed E-state index contributed by atoms with van der Waals surface area (Å²) >= 11 is 0. The molecule has 0 saturated carbocycles. The normalized spacial score (nSPS) is 13.2. The number of hydrogen-bond acceptors (Lipinski definition) is 2. The first-order chi connectivity index (χ1) is 11.1. The summed E-state index contributed by atoms with van der Waals surface area (Å²) in [6, 6.07) is 20.0. The molecule has 4 heteroatoms. The topological polar surface area (TPSA) is 68.2 Å². The van der Waals surface area contributed by atoms with E-state index in [1.54, 1.807) is 0 Å². The minimum atomic E-state index is -1.05. The van der Waals surface area contributed by atoms with Crippen LogP contribution in [0.25, 0.3) is 16.6 Å². The summed E-state index contributed by atoms with van der Waals surface area (Å²) in [5.41, 5.74) is 9.16. The van der Waals surface area contributed by atoms with E-state index in [4.69, 9.17) is 10.8 Å². The van der Waals surface area contributed by atoms with Crippen LogP contribution in [0.1, 0.15) is 24.2 Å². The van der Waals surface area contributed by atoms with Crippen LogP contribution in [0.5, 0.6) is 0 Å². The summed E-state index contributed by atoms with van der Waals surface area (Å²) in [5.74, 6) is -1.05. The van der Waals surface area contributed by atoms with E-state index in [-0.39, 0.29) is 11.7 Å². The molecular formula is C19H18N2O2. The molecule has 23 heavy (non-hydrogen) atoms. The minimum Gasteiger partial charge on any atom is -0.478 e. The molecule has 3 aromatic rings. The molecule has 0 spiro atoms. The van der Waals surface area contributed by atoms with Crippen LogP contribution < -0.4 is 5.73 Å². The fraction of sp³-hybridized carbons (Fsp3) is 0.105. The van der Waals surface area contributed by atoms with E-state index in [0.717, 1.165) is 22.5 Å². The third kappa shape index (κ3) is 2.83. The van der Waals surface area contributed by atoms with Crippen molar-refractivity contribution in [1.29, 1.82) is 0 Å². The average Bonchev–Trinajstić information content (AvgIpc) is 2.94. The van der Waals surface area contributed by atoms with E-state index in [1.807, 2.05) is 48.5 Å². The Bertz CT molecular complexity index is 879. The Kier molecular flexibility index (Phi) is 3.89. The molecule has 0 aliphatic carbocycles. The van der Waals surface area contributed by atoms with Gasteiger partial charge in [0.05, 0.1) is 17.4 Å². The number of hydrogen-bond donors (Lipinski definition) is 2. The summed E-state index contributed by atoms with van der Waals surface area (Å²) in [6.45, 7) is 2.08. The van der Waals surface area contributed by atoms with Crippen LogP contribution >= 0.6 is 0 Å². The number of carbonyl (C=O) groups is 1. The molecule has 0 fully saturated rings. The van der Waals surface area contributed by atoms with Gasteiger partial charge in [-0.15, -0.1) is 0 Å². The highest BCUT2D eigenvalue weighted by Crippen LogP contribution is 2.30. The molecule has 1 aromatic heterocycles. The molecule has 1 unspecified atom stereocenters. The Morgan fingerprint density at radius 3 is 2.48 bits per heavy atom. The third-order valence-electron chi connectivity index (χ3n) is 3.99. The highest BCUT2D eigenvalue weighted by Gasteiger charge is 2.17. The van der Waals surface area contributed by atoms with Gasteiger partial charge in [0.25, 0.3) is 0 Å². The number of aliphatic carboxylic acids is 1. The Balaban J connectivity index is 2.23. The molecule has 0 aliphatic heterocycles. The number of fused-ring (bicyclic) bond motifs is 1. The smallest absolute Gasteiger partial charge is 0.330 e. The molecule has 1 atom stereocenters. The fourth-order valence-corrected chi connectivity index (χ4v) is 2.90. The lowest BCUT2D eigenvalue weighted by Gasteiger charge is -2.19. The van der Waals surface area contributed by atoms with E-state index >= 15 is 0 Å². The van der Waals surface area contributed by atoms with Crippen molar-refractivity contribution in [1.82, 2.24) is 4.57 Å². The van der Waals surface area contributed by atoms with Gasteiger partial charge in [-0.2, -0.15) is 0 Å². The van der Waals surface area contributed by atoms with Crippen LogP contribution in [-0.4, -0.2) is 15.6 Å². The van der Waals surface area contributed by atoms with Crippen LogP contribution in [0.3, 0.4) is 0 Å². The van der Waals surface area contributed by atoms with E-state index in [2.05, 4.69) is 23.6 Å². The summed E-state index contributed by atoms with van der Waals surface area (Å²) in [7, 11) is 0. The highest BCUT2D eigenvalue weighted by atomic mass is 16.4.